The van der Waals surface area contributed by atoms with Gasteiger partial charge in [0.25, 0.3) is 10.0 Å². The lowest BCUT2D eigenvalue weighted by Gasteiger charge is -2.10. The first kappa shape index (κ1) is 9.59. The zero-order valence-electron chi connectivity index (χ0n) is 6.68. The minimum absolute atomic E-state index is 0.219. The van der Waals surface area contributed by atoms with Crippen LogP contribution in [0.5, 0.6) is 0 Å². The van der Waals surface area contributed by atoms with Gasteiger partial charge in [0.2, 0.25) is 0 Å². The maximum atomic E-state index is 11.3. The zero-order chi connectivity index (χ0) is 9.19. The first-order valence-electron chi connectivity index (χ1n) is 3.10. The molecule has 0 aliphatic rings. The van der Waals surface area contributed by atoms with Crippen LogP contribution < -0.4 is 4.83 Å². The van der Waals surface area contributed by atoms with E-state index in [4.69, 9.17) is 0 Å². The Hall–Kier alpha value is -0.500. The van der Waals surface area contributed by atoms with Crippen LogP contribution in [0.4, 0.5) is 0 Å². The van der Waals surface area contributed by atoms with Crippen molar-refractivity contribution in [3.05, 3.63) is 11.7 Å². The Morgan fingerprint density at radius 2 is 2.25 bits per heavy atom. The van der Waals surface area contributed by atoms with Crippen LogP contribution in [-0.4, -0.2) is 32.5 Å². The molecule has 0 radical (unpaired) electrons. The molecule has 7 heteroatoms. The third-order valence-corrected chi connectivity index (χ3v) is 3.73. The molecule has 0 aliphatic heterocycles. The minimum Gasteiger partial charge on any atom is -0.252 e. The molecule has 0 atom stereocenters. The maximum absolute atomic E-state index is 11.3. The van der Waals surface area contributed by atoms with Crippen LogP contribution >= 0.6 is 11.3 Å². The molecule has 0 unspecified atom stereocenters. The molecule has 0 bridgehead atoms. The summed E-state index contributed by atoms with van der Waals surface area (Å²) in [5.74, 6) is 0. The fourth-order valence-electron chi connectivity index (χ4n) is 0.622. The standard InChI is InChI=1S/C5H9N3O2S2/c1-8(2)7-12(9,10)5-3-6-4-11-5/h3-4,7H,1-2H3. The SMILES string of the molecule is CN(C)NS(=O)(=O)c1cncs1. The van der Waals surface area contributed by atoms with Gasteiger partial charge in [-0.3, -0.25) is 4.98 Å². The Morgan fingerprint density at radius 3 is 2.67 bits per heavy atom. The van der Waals surface area contributed by atoms with Crippen LogP contribution in [0.25, 0.3) is 0 Å². The number of rotatable bonds is 3. The zero-order valence-corrected chi connectivity index (χ0v) is 8.32. The Balaban J connectivity index is 2.88. The molecular formula is C5H9N3O2S2. The molecule has 0 aliphatic carbocycles. The average Bonchev–Trinajstić information content (AvgIpc) is 2.32. The monoisotopic (exact) mass is 207 g/mol. The number of thiazole rings is 1. The smallest absolute Gasteiger partial charge is 0.252 e. The molecule has 1 heterocycles. The summed E-state index contributed by atoms with van der Waals surface area (Å²) in [5.41, 5.74) is 1.48. The van der Waals surface area contributed by atoms with Gasteiger partial charge in [0.05, 0.1) is 11.7 Å². The fraction of sp³-hybridized carbons (Fsp3) is 0.400. The molecule has 1 aromatic rings. The van der Waals surface area contributed by atoms with E-state index in [9.17, 15) is 8.42 Å². The van der Waals surface area contributed by atoms with Gasteiger partial charge in [-0.25, -0.2) is 13.4 Å². The molecule has 12 heavy (non-hydrogen) atoms. The molecule has 0 aromatic carbocycles. The summed E-state index contributed by atoms with van der Waals surface area (Å²) in [6.45, 7) is 0. The highest BCUT2D eigenvalue weighted by atomic mass is 32.2. The lowest BCUT2D eigenvalue weighted by atomic mass is 11.0. The van der Waals surface area contributed by atoms with Crippen LogP contribution in [0.3, 0.4) is 0 Å². The lowest BCUT2D eigenvalue weighted by Crippen LogP contribution is -2.35. The van der Waals surface area contributed by atoms with E-state index in [1.165, 1.54) is 16.7 Å². The Bertz CT molecular complexity index is 330. The van der Waals surface area contributed by atoms with Crippen molar-refractivity contribution < 1.29 is 8.42 Å². The van der Waals surface area contributed by atoms with Crippen molar-refractivity contribution in [1.82, 2.24) is 14.8 Å². The quantitative estimate of drug-likeness (QED) is 0.703. The van der Waals surface area contributed by atoms with Crippen molar-refractivity contribution in [3.8, 4) is 0 Å². The van der Waals surface area contributed by atoms with Gasteiger partial charge < -0.3 is 0 Å². The summed E-state index contributed by atoms with van der Waals surface area (Å²) in [5, 5.41) is 1.37. The van der Waals surface area contributed by atoms with E-state index in [0.717, 1.165) is 11.3 Å². The highest BCUT2D eigenvalue weighted by molar-refractivity contribution is 7.91. The van der Waals surface area contributed by atoms with Gasteiger partial charge in [-0.1, -0.05) is 0 Å². The van der Waals surface area contributed by atoms with E-state index in [2.05, 4.69) is 9.82 Å². The summed E-state index contributed by atoms with van der Waals surface area (Å²) in [7, 11) is -0.165. The molecule has 0 spiro atoms. The molecule has 68 valence electrons. The van der Waals surface area contributed by atoms with E-state index >= 15 is 0 Å². The second-order valence-corrected chi connectivity index (χ2v) is 5.08. The molecule has 0 amide bonds. The normalized spacial score (nSPS) is 12.2. The second-order valence-electron chi connectivity index (χ2n) is 2.31. The van der Waals surface area contributed by atoms with Crippen molar-refractivity contribution >= 4 is 21.4 Å². The fourth-order valence-corrected chi connectivity index (χ4v) is 2.49. The largest absolute Gasteiger partial charge is 0.264 e. The molecule has 0 saturated carbocycles. The molecular weight excluding hydrogens is 198 g/mol. The van der Waals surface area contributed by atoms with Gasteiger partial charge in [0.15, 0.2) is 4.21 Å². The number of hydrogen-bond acceptors (Lipinski definition) is 5. The summed E-state index contributed by atoms with van der Waals surface area (Å²) in [6, 6.07) is 0. The third kappa shape index (κ3) is 2.24. The van der Waals surface area contributed by atoms with Crippen molar-refractivity contribution in [2.24, 2.45) is 0 Å². The van der Waals surface area contributed by atoms with Gasteiger partial charge >= 0.3 is 0 Å². The number of nitrogens with zero attached hydrogens (tertiary/aromatic N) is 2. The van der Waals surface area contributed by atoms with E-state index in [0.29, 0.717) is 0 Å². The maximum Gasteiger partial charge on any atom is 0.264 e. The first-order chi connectivity index (χ1) is 5.52. The first-order valence-corrected chi connectivity index (χ1v) is 5.47. The van der Waals surface area contributed by atoms with Crippen LogP contribution in [-0.2, 0) is 10.0 Å². The van der Waals surface area contributed by atoms with Crippen molar-refractivity contribution in [2.75, 3.05) is 14.1 Å². The van der Waals surface area contributed by atoms with Gasteiger partial charge in [-0.05, 0) is 0 Å². The van der Waals surface area contributed by atoms with Crippen molar-refractivity contribution in [2.45, 2.75) is 4.21 Å². The Labute approximate surface area is 75.1 Å². The number of hydrazine groups is 1. The van der Waals surface area contributed by atoms with Crippen molar-refractivity contribution in [3.63, 3.8) is 0 Å². The minimum atomic E-state index is -3.38. The molecule has 1 aromatic heterocycles. The Kier molecular flexibility index (Phi) is 2.78. The van der Waals surface area contributed by atoms with E-state index in [1.807, 2.05) is 0 Å². The van der Waals surface area contributed by atoms with Gasteiger partial charge in [-0.15, -0.1) is 16.2 Å². The molecule has 5 nitrogen and oxygen atoms in total. The summed E-state index contributed by atoms with van der Waals surface area (Å²) < 4.78 is 22.9. The van der Waals surface area contributed by atoms with Crippen LogP contribution in [0.15, 0.2) is 15.9 Å². The van der Waals surface area contributed by atoms with E-state index < -0.39 is 10.0 Å². The number of aromatic nitrogens is 1. The number of hydrogen-bond donors (Lipinski definition) is 1. The predicted molar refractivity (Wildman–Crippen MR) is 46.1 cm³/mol. The second kappa shape index (κ2) is 3.48. The number of nitrogens with one attached hydrogen (secondary N) is 1. The van der Waals surface area contributed by atoms with Gasteiger partial charge in [0.1, 0.15) is 0 Å². The third-order valence-electron chi connectivity index (χ3n) is 0.977. The molecule has 1 rings (SSSR count). The summed E-state index contributed by atoms with van der Waals surface area (Å²) >= 11 is 1.08. The van der Waals surface area contributed by atoms with Crippen molar-refractivity contribution in [1.29, 1.82) is 0 Å². The van der Waals surface area contributed by atoms with Gasteiger partial charge in [-0.2, -0.15) is 0 Å². The lowest BCUT2D eigenvalue weighted by molar-refractivity contribution is 0.364. The average molecular weight is 207 g/mol. The Morgan fingerprint density at radius 1 is 1.58 bits per heavy atom. The van der Waals surface area contributed by atoms with E-state index in [1.54, 1.807) is 14.1 Å². The van der Waals surface area contributed by atoms with Crippen LogP contribution in [0.2, 0.25) is 0 Å². The summed E-state index contributed by atoms with van der Waals surface area (Å²) in [6.07, 6.45) is 1.32. The van der Waals surface area contributed by atoms with Crippen LogP contribution in [0.1, 0.15) is 0 Å². The highest BCUT2D eigenvalue weighted by Gasteiger charge is 2.15. The molecule has 1 N–H and O–H groups in total. The molecule has 0 fully saturated rings. The van der Waals surface area contributed by atoms with Crippen LogP contribution in [0, 0.1) is 0 Å². The topological polar surface area (TPSA) is 62.3 Å². The predicted octanol–water partition coefficient (Wildman–Crippen LogP) is -0.102. The molecule has 0 saturated heterocycles. The van der Waals surface area contributed by atoms with Gasteiger partial charge in [0, 0.05) is 14.1 Å². The summed E-state index contributed by atoms with van der Waals surface area (Å²) in [4.78, 5) is 5.97. The van der Waals surface area contributed by atoms with E-state index in [-0.39, 0.29) is 4.21 Å². The highest BCUT2D eigenvalue weighted by Crippen LogP contribution is 2.12. The number of sulfonamides is 1.